The van der Waals surface area contributed by atoms with Crippen molar-refractivity contribution in [3.8, 4) is 0 Å². The van der Waals surface area contributed by atoms with Crippen molar-refractivity contribution in [2.75, 3.05) is 38.0 Å². The van der Waals surface area contributed by atoms with Gasteiger partial charge >= 0.3 is 5.97 Å². The largest absolute Gasteiger partial charge is 0.481 e. The number of amidine groups is 1. The quantitative estimate of drug-likeness (QED) is 0.846. The molecule has 2 aliphatic rings. The minimum atomic E-state index is -0.747. The zero-order valence-corrected chi connectivity index (χ0v) is 16.4. The molecule has 1 aromatic carbocycles. The van der Waals surface area contributed by atoms with E-state index >= 15 is 0 Å². The zero-order chi connectivity index (χ0) is 19.0. The number of hydrogen-bond acceptors (Lipinski definition) is 6. The number of rotatable bonds is 3. The van der Waals surface area contributed by atoms with Crippen LogP contribution in [0.5, 0.6) is 0 Å². The van der Waals surface area contributed by atoms with Crippen LogP contribution in [-0.2, 0) is 4.79 Å². The number of anilines is 2. The van der Waals surface area contributed by atoms with E-state index in [9.17, 15) is 9.90 Å². The van der Waals surface area contributed by atoms with E-state index in [0.717, 1.165) is 54.0 Å². The van der Waals surface area contributed by atoms with E-state index in [1.807, 2.05) is 18.2 Å². The first-order valence-corrected chi connectivity index (χ1v) is 10.1. The van der Waals surface area contributed by atoms with Crippen LogP contribution < -0.4 is 5.32 Å². The fourth-order valence-electron chi connectivity index (χ4n) is 3.54. The Kier molecular flexibility index (Phi) is 4.65. The molecule has 1 aromatic heterocycles. The van der Waals surface area contributed by atoms with Gasteiger partial charge in [0.1, 0.15) is 10.8 Å². The summed E-state index contributed by atoms with van der Waals surface area (Å²) < 4.78 is 0. The Morgan fingerprint density at radius 1 is 1.22 bits per heavy atom. The second-order valence-corrected chi connectivity index (χ2v) is 8.61. The molecule has 2 aromatic rings. The molecule has 2 aliphatic heterocycles. The summed E-state index contributed by atoms with van der Waals surface area (Å²) in [6, 6.07) is 10.2. The van der Waals surface area contributed by atoms with Crippen molar-refractivity contribution < 1.29 is 9.90 Å². The molecular formula is C20H24N4O2S. The molecule has 4 rings (SSSR count). The number of thiophene rings is 1. The number of carbonyl (C=O) groups is 1. The van der Waals surface area contributed by atoms with Crippen molar-refractivity contribution in [2.45, 2.75) is 13.8 Å². The van der Waals surface area contributed by atoms with Crippen LogP contribution in [0.4, 0.5) is 16.4 Å². The number of benzene rings is 1. The maximum atomic E-state index is 11.4. The number of para-hydroxylation sites is 2. The van der Waals surface area contributed by atoms with Crippen LogP contribution >= 0.6 is 11.3 Å². The van der Waals surface area contributed by atoms with Crippen molar-refractivity contribution >= 4 is 39.5 Å². The van der Waals surface area contributed by atoms with Crippen LogP contribution in [0.15, 0.2) is 40.7 Å². The van der Waals surface area contributed by atoms with Gasteiger partial charge in [0.15, 0.2) is 0 Å². The lowest BCUT2D eigenvalue weighted by atomic mass is 9.93. The first-order valence-electron chi connectivity index (χ1n) is 9.17. The second-order valence-electron chi connectivity index (χ2n) is 7.69. The van der Waals surface area contributed by atoms with Crippen LogP contribution in [0.25, 0.3) is 0 Å². The maximum absolute atomic E-state index is 11.4. The van der Waals surface area contributed by atoms with E-state index in [1.54, 1.807) is 25.2 Å². The Morgan fingerprint density at radius 2 is 1.96 bits per heavy atom. The van der Waals surface area contributed by atoms with E-state index in [1.165, 1.54) is 0 Å². The van der Waals surface area contributed by atoms with Gasteiger partial charge in [-0.3, -0.25) is 9.69 Å². The number of fused-ring (bicyclic) bond motifs is 2. The summed E-state index contributed by atoms with van der Waals surface area (Å²) in [5.74, 6) is 0.254. The third-order valence-electron chi connectivity index (χ3n) is 5.15. The van der Waals surface area contributed by atoms with Crippen molar-refractivity contribution in [1.29, 1.82) is 0 Å². The number of carboxylic acid groups (broad SMARTS) is 1. The molecule has 0 spiro atoms. The highest BCUT2D eigenvalue weighted by Gasteiger charge is 2.32. The molecule has 3 heterocycles. The van der Waals surface area contributed by atoms with Crippen molar-refractivity contribution in [3.63, 3.8) is 0 Å². The third kappa shape index (κ3) is 3.57. The molecule has 0 amide bonds. The molecule has 2 N–H and O–H groups in total. The normalized spacial score (nSPS) is 17.4. The van der Waals surface area contributed by atoms with Gasteiger partial charge in [-0.25, -0.2) is 4.99 Å². The average molecular weight is 385 g/mol. The van der Waals surface area contributed by atoms with E-state index < -0.39 is 11.4 Å². The summed E-state index contributed by atoms with van der Waals surface area (Å²) >= 11 is 1.69. The van der Waals surface area contributed by atoms with Gasteiger partial charge in [-0.2, -0.15) is 0 Å². The minimum Gasteiger partial charge on any atom is -0.481 e. The van der Waals surface area contributed by atoms with Gasteiger partial charge in [-0.05, 0) is 37.4 Å². The molecule has 0 saturated carbocycles. The van der Waals surface area contributed by atoms with Crippen LogP contribution in [0, 0.1) is 5.41 Å². The highest BCUT2D eigenvalue weighted by molar-refractivity contribution is 7.14. The number of aliphatic carboxylic acids is 1. The fraction of sp³-hybridized carbons (Fsp3) is 0.400. The number of nitrogens with zero attached hydrogens (tertiary/aromatic N) is 3. The summed E-state index contributed by atoms with van der Waals surface area (Å²) in [6.45, 7) is 7.50. The lowest BCUT2D eigenvalue weighted by Crippen LogP contribution is -2.51. The number of piperazine rings is 1. The molecule has 0 atom stereocenters. The minimum absolute atomic E-state index is 0.566. The summed E-state index contributed by atoms with van der Waals surface area (Å²) in [7, 11) is 0. The molecule has 0 unspecified atom stereocenters. The monoisotopic (exact) mass is 384 g/mol. The summed E-state index contributed by atoms with van der Waals surface area (Å²) in [6.07, 6.45) is 0. The molecular weight excluding hydrogens is 360 g/mol. The topological polar surface area (TPSA) is 68.2 Å². The SMILES string of the molecule is CC(C)(CN1CCN(C2=Nc3ccccc3Nc3sccc32)CC1)C(=O)O. The molecule has 1 fully saturated rings. The molecule has 0 radical (unpaired) electrons. The standard InChI is InChI=1S/C20H24N4O2S/c1-20(2,19(25)26)13-23-8-10-24(11-9-23)17-14-7-12-27-18(14)22-16-6-4-3-5-15(16)21-17/h3-7,12,22H,8-11,13H2,1-2H3,(H,25,26). The van der Waals surface area contributed by atoms with Gasteiger partial charge in [-0.15, -0.1) is 11.3 Å². The average Bonchev–Trinajstić information content (AvgIpc) is 3.03. The van der Waals surface area contributed by atoms with E-state index in [2.05, 4.69) is 32.6 Å². The van der Waals surface area contributed by atoms with Gasteiger partial charge in [0.2, 0.25) is 0 Å². The zero-order valence-electron chi connectivity index (χ0n) is 15.6. The Hall–Kier alpha value is -2.38. The fourth-order valence-corrected chi connectivity index (χ4v) is 4.34. The lowest BCUT2D eigenvalue weighted by Gasteiger charge is -2.38. The van der Waals surface area contributed by atoms with Crippen LogP contribution in [0.1, 0.15) is 19.4 Å². The molecule has 0 bridgehead atoms. The molecule has 6 nitrogen and oxygen atoms in total. The first kappa shape index (κ1) is 18.0. The van der Waals surface area contributed by atoms with Crippen LogP contribution in [0.3, 0.4) is 0 Å². The Bertz CT molecular complexity index is 882. The Balaban J connectivity index is 1.54. The van der Waals surface area contributed by atoms with Crippen molar-refractivity contribution in [1.82, 2.24) is 9.80 Å². The number of carboxylic acids is 1. The molecule has 27 heavy (non-hydrogen) atoms. The third-order valence-corrected chi connectivity index (χ3v) is 5.98. The highest BCUT2D eigenvalue weighted by atomic mass is 32.1. The van der Waals surface area contributed by atoms with Gasteiger partial charge in [-0.1, -0.05) is 12.1 Å². The van der Waals surface area contributed by atoms with Gasteiger partial charge in [0, 0.05) is 32.7 Å². The van der Waals surface area contributed by atoms with Gasteiger partial charge < -0.3 is 15.3 Å². The van der Waals surface area contributed by atoms with Crippen LogP contribution in [-0.4, -0.2) is 59.4 Å². The predicted octanol–water partition coefficient (Wildman–Crippen LogP) is 3.61. The molecule has 1 saturated heterocycles. The van der Waals surface area contributed by atoms with Crippen LogP contribution in [0.2, 0.25) is 0 Å². The van der Waals surface area contributed by atoms with Crippen molar-refractivity contribution in [3.05, 3.63) is 41.3 Å². The Morgan fingerprint density at radius 3 is 2.70 bits per heavy atom. The van der Waals surface area contributed by atoms with E-state index in [4.69, 9.17) is 4.99 Å². The summed E-state index contributed by atoms with van der Waals surface area (Å²) in [5, 5.41) is 16.1. The smallest absolute Gasteiger partial charge is 0.310 e. The highest BCUT2D eigenvalue weighted by Crippen LogP contribution is 2.37. The van der Waals surface area contributed by atoms with Gasteiger partial charge in [0.25, 0.3) is 0 Å². The van der Waals surface area contributed by atoms with E-state index in [-0.39, 0.29) is 0 Å². The first-order chi connectivity index (χ1) is 12.9. The van der Waals surface area contributed by atoms with Gasteiger partial charge in [0.05, 0.1) is 22.4 Å². The number of hydrogen-bond donors (Lipinski definition) is 2. The number of nitrogens with one attached hydrogen (secondary N) is 1. The molecule has 7 heteroatoms. The number of aliphatic imine (C=N–C) groups is 1. The lowest BCUT2D eigenvalue weighted by molar-refractivity contribution is -0.148. The maximum Gasteiger partial charge on any atom is 0.310 e. The van der Waals surface area contributed by atoms with Crippen molar-refractivity contribution in [2.24, 2.45) is 10.4 Å². The summed E-state index contributed by atoms with van der Waals surface area (Å²) in [4.78, 5) is 20.9. The Labute approximate surface area is 163 Å². The molecule has 142 valence electrons. The molecule has 0 aliphatic carbocycles. The van der Waals surface area contributed by atoms with E-state index in [0.29, 0.717) is 6.54 Å². The second kappa shape index (κ2) is 6.98. The summed E-state index contributed by atoms with van der Waals surface area (Å²) in [5.41, 5.74) is 2.38. The predicted molar refractivity (Wildman–Crippen MR) is 110 cm³/mol.